The van der Waals surface area contributed by atoms with Crippen molar-refractivity contribution in [2.75, 3.05) is 10.6 Å². The second kappa shape index (κ2) is 7.59. The normalized spacial score (nSPS) is 10.4. The van der Waals surface area contributed by atoms with E-state index >= 15 is 0 Å². The van der Waals surface area contributed by atoms with Gasteiger partial charge in [0.25, 0.3) is 5.91 Å². The Bertz CT molecular complexity index is 996. The Morgan fingerprint density at radius 3 is 2.50 bits per heavy atom. The largest absolute Gasteiger partial charge is 0.326 e. The van der Waals surface area contributed by atoms with E-state index in [0.29, 0.717) is 16.4 Å². The Hall–Kier alpha value is -2.84. The van der Waals surface area contributed by atoms with Crippen LogP contribution in [0.25, 0.3) is 10.2 Å². The lowest BCUT2D eigenvalue weighted by atomic mass is 10.1. The van der Waals surface area contributed by atoms with Crippen LogP contribution in [0.2, 0.25) is 0 Å². The molecule has 2 amide bonds. The molecule has 0 bridgehead atoms. The van der Waals surface area contributed by atoms with E-state index in [2.05, 4.69) is 20.9 Å². The van der Waals surface area contributed by atoms with Crippen LogP contribution < -0.4 is 16.0 Å². The molecule has 0 aliphatic rings. The number of thiocarbonyl (C=S) groups is 1. The number of rotatable bonds is 3. The number of nitrogens with zero attached hydrogens (tertiary/aromatic N) is 1. The van der Waals surface area contributed by atoms with Gasteiger partial charge >= 0.3 is 0 Å². The smallest absolute Gasteiger partial charge is 0.257 e. The molecular weight excluding hydrogens is 368 g/mol. The Morgan fingerprint density at radius 1 is 1.08 bits per heavy atom. The fourth-order valence-corrected chi connectivity index (χ4v) is 3.43. The predicted octanol–water partition coefficient (Wildman–Crippen LogP) is 3.69. The van der Waals surface area contributed by atoms with E-state index in [1.165, 1.54) is 18.3 Å². The molecular formula is C18H16N4O2S2. The summed E-state index contributed by atoms with van der Waals surface area (Å²) in [6.45, 7) is 3.41. The van der Waals surface area contributed by atoms with Gasteiger partial charge in [0.05, 0.1) is 10.2 Å². The van der Waals surface area contributed by atoms with E-state index in [0.717, 1.165) is 15.8 Å². The summed E-state index contributed by atoms with van der Waals surface area (Å²) in [7, 11) is 0. The van der Waals surface area contributed by atoms with Gasteiger partial charge in [-0.25, -0.2) is 4.98 Å². The number of aromatic nitrogens is 1. The summed E-state index contributed by atoms with van der Waals surface area (Å²) in [5, 5.41) is 9.03. The number of carbonyl (C=O) groups excluding carboxylic acids is 2. The summed E-state index contributed by atoms with van der Waals surface area (Å²) in [5.41, 5.74) is 3.09. The summed E-state index contributed by atoms with van der Waals surface area (Å²) >= 11 is 6.57. The van der Waals surface area contributed by atoms with E-state index in [-0.39, 0.29) is 16.9 Å². The van der Waals surface area contributed by atoms with Gasteiger partial charge < -0.3 is 10.6 Å². The first-order valence-corrected chi connectivity index (χ1v) is 9.00. The SMILES string of the molecule is CC(=O)Nc1ccc2nc(NC(=S)NC(=O)c3ccc(C)cc3)sc2c1. The van der Waals surface area contributed by atoms with Crippen LogP contribution in [0.15, 0.2) is 42.5 Å². The zero-order chi connectivity index (χ0) is 18.7. The van der Waals surface area contributed by atoms with Crippen LogP contribution in [0.3, 0.4) is 0 Å². The number of hydrogen-bond acceptors (Lipinski definition) is 5. The number of fused-ring (bicyclic) bond motifs is 1. The lowest BCUT2D eigenvalue weighted by Crippen LogP contribution is -2.34. The van der Waals surface area contributed by atoms with Crippen molar-refractivity contribution >= 4 is 61.5 Å². The van der Waals surface area contributed by atoms with Crippen LogP contribution in [-0.4, -0.2) is 21.9 Å². The minimum absolute atomic E-state index is 0.132. The molecule has 0 fully saturated rings. The highest BCUT2D eigenvalue weighted by molar-refractivity contribution is 7.80. The number of hydrogen-bond donors (Lipinski definition) is 3. The van der Waals surface area contributed by atoms with Crippen LogP contribution in [0, 0.1) is 6.92 Å². The van der Waals surface area contributed by atoms with Crippen molar-refractivity contribution in [2.45, 2.75) is 13.8 Å². The molecule has 0 aliphatic carbocycles. The third-order valence-electron chi connectivity index (χ3n) is 3.47. The molecule has 1 heterocycles. The van der Waals surface area contributed by atoms with Crippen LogP contribution in [0.5, 0.6) is 0 Å². The van der Waals surface area contributed by atoms with Gasteiger partial charge in [-0.05, 0) is 49.5 Å². The molecule has 8 heteroatoms. The number of benzene rings is 2. The fourth-order valence-electron chi connectivity index (χ4n) is 2.27. The van der Waals surface area contributed by atoms with Crippen LogP contribution >= 0.6 is 23.6 Å². The molecule has 3 aromatic rings. The average Bonchev–Trinajstić information content (AvgIpc) is 2.96. The standard InChI is InChI=1S/C18H16N4O2S2/c1-10-3-5-12(6-4-10)16(24)21-17(25)22-18-20-14-8-7-13(19-11(2)23)9-15(14)26-18/h3-9H,1-2H3,(H,19,23)(H2,20,21,22,24,25). The van der Waals surface area contributed by atoms with Crippen LogP contribution in [0.1, 0.15) is 22.8 Å². The molecule has 3 rings (SSSR count). The molecule has 0 unspecified atom stereocenters. The van der Waals surface area contributed by atoms with Gasteiger partial charge in [-0.3, -0.25) is 14.9 Å². The summed E-state index contributed by atoms with van der Waals surface area (Å²) in [5.74, 6) is -0.413. The van der Waals surface area contributed by atoms with Gasteiger partial charge in [0.15, 0.2) is 10.2 Å². The van der Waals surface area contributed by atoms with E-state index in [9.17, 15) is 9.59 Å². The number of thiazole rings is 1. The number of anilines is 2. The number of aryl methyl sites for hydroxylation is 1. The first kappa shape index (κ1) is 18.0. The topological polar surface area (TPSA) is 83.1 Å². The molecule has 0 saturated carbocycles. The molecule has 3 N–H and O–H groups in total. The van der Waals surface area contributed by atoms with Gasteiger partial charge in [-0.15, -0.1) is 0 Å². The summed E-state index contributed by atoms with van der Waals surface area (Å²) in [6.07, 6.45) is 0. The predicted molar refractivity (Wildman–Crippen MR) is 109 cm³/mol. The first-order chi connectivity index (χ1) is 12.4. The molecule has 1 aromatic heterocycles. The van der Waals surface area contributed by atoms with Crippen LogP contribution in [-0.2, 0) is 4.79 Å². The van der Waals surface area contributed by atoms with Crippen LogP contribution in [0.4, 0.5) is 10.8 Å². The molecule has 2 aromatic carbocycles. The summed E-state index contributed by atoms with van der Waals surface area (Å²) in [6, 6.07) is 12.7. The van der Waals surface area contributed by atoms with Gasteiger partial charge in [-0.2, -0.15) is 0 Å². The second-order valence-electron chi connectivity index (χ2n) is 5.66. The monoisotopic (exact) mass is 384 g/mol. The minimum atomic E-state index is -0.281. The van der Waals surface area contributed by atoms with Gasteiger partial charge in [0.2, 0.25) is 5.91 Å². The molecule has 0 atom stereocenters. The number of carbonyl (C=O) groups is 2. The van der Waals surface area contributed by atoms with Crippen molar-refractivity contribution in [1.82, 2.24) is 10.3 Å². The third-order valence-corrected chi connectivity index (χ3v) is 4.61. The third kappa shape index (κ3) is 4.41. The van der Waals surface area contributed by atoms with Crippen molar-refractivity contribution in [3.63, 3.8) is 0 Å². The minimum Gasteiger partial charge on any atom is -0.326 e. The highest BCUT2D eigenvalue weighted by Gasteiger charge is 2.10. The van der Waals surface area contributed by atoms with E-state index in [1.807, 2.05) is 31.2 Å². The second-order valence-corrected chi connectivity index (χ2v) is 7.10. The number of amides is 2. The number of nitrogens with one attached hydrogen (secondary N) is 3. The average molecular weight is 384 g/mol. The highest BCUT2D eigenvalue weighted by Crippen LogP contribution is 2.28. The summed E-state index contributed by atoms with van der Waals surface area (Å²) < 4.78 is 0.895. The molecule has 0 radical (unpaired) electrons. The molecule has 6 nitrogen and oxygen atoms in total. The zero-order valence-corrected chi connectivity index (χ0v) is 15.8. The Balaban J connectivity index is 1.67. The van der Waals surface area contributed by atoms with E-state index < -0.39 is 0 Å². The maximum Gasteiger partial charge on any atom is 0.257 e. The lowest BCUT2D eigenvalue weighted by molar-refractivity contribution is -0.114. The molecule has 0 saturated heterocycles. The maximum atomic E-state index is 12.2. The maximum absolute atomic E-state index is 12.2. The van der Waals surface area contributed by atoms with Gasteiger partial charge in [-0.1, -0.05) is 29.0 Å². The molecule has 26 heavy (non-hydrogen) atoms. The van der Waals surface area contributed by atoms with Gasteiger partial charge in [0, 0.05) is 18.2 Å². The first-order valence-electron chi connectivity index (χ1n) is 7.78. The summed E-state index contributed by atoms with van der Waals surface area (Å²) in [4.78, 5) is 27.7. The van der Waals surface area contributed by atoms with Crippen molar-refractivity contribution in [3.8, 4) is 0 Å². The fraction of sp³-hybridized carbons (Fsp3) is 0.111. The highest BCUT2D eigenvalue weighted by atomic mass is 32.1. The molecule has 0 aliphatic heterocycles. The molecule has 0 spiro atoms. The van der Waals surface area contributed by atoms with Crippen molar-refractivity contribution in [3.05, 3.63) is 53.6 Å². The van der Waals surface area contributed by atoms with E-state index in [4.69, 9.17) is 12.2 Å². The zero-order valence-electron chi connectivity index (χ0n) is 14.1. The van der Waals surface area contributed by atoms with Crippen molar-refractivity contribution in [1.29, 1.82) is 0 Å². The Labute approximate surface area is 159 Å². The Kier molecular flexibility index (Phi) is 5.24. The van der Waals surface area contributed by atoms with Crippen molar-refractivity contribution in [2.24, 2.45) is 0 Å². The molecule has 132 valence electrons. The van der Waals surface area contributed by atoms with Gasteiger partial charge in [0.1, 0.15) is 0 Å². The quantitative estimate of drug-likeness (QED) is 0.600. The lowest BCUT2D eigenvalue weighted by Gasteiger charge is -2.07. The van der Waals surface area contributed by atoms with Crippen molar-refractivity contribution < 1.29 is 9.59 Å². The Morgan fingerprint density at radius 2 is 1.81 bits per heavy atom. The van der Waals surface area contributed by atoms with E-state index in [1.54, 1.807) is 18.2 Å².